The molecule has 1 heterocycles. The van der Waals surface area contributed by atoms with Crippen LogP contribution in [-0.4, -0.2) is 40.4 Å². The van der Waals surface area contributed by atoms with Gasteiger partial charge in [-0.1, -0.05) is 0 Å². The molecular weight excluding hydrogens is 206 g/mol. The average molecular weight is 227 g/mol. The summed E-state index contributed by atoms with van der Waals surface area (Å²) in [5.74, 6) is -0.389. The number of unbranched alkanes of at least 4 members (excludes halogenated alkanes) is 1. The molecule has 16 heavy (non-hydrogen) atoms. The summed E-state index contributed by atoms with van der Waals surface area (Å²) < 4.78 is 0. The number of nitrogens with zero attached hydrogens (tertiary/aromatic N) is 1. The monoisotopic (exact) mass is 227 g/mol. The lowest BCUT2D eigenvalue weighted by Crippen LogP contribution is -2.50. The van der Waals surface area contributed by atoms with E-state index in [2.05, 4.69) is 18.7 Å². The van der Waals surface area contributed by atoms with E-state index in [0.717, 1.165) is 25.9 Å². The Kier molecular flexibility index (Phi) is 4.47. The maximum Gasteiger partial charge on any atom is 0.303 e. The summed E-state index contributed by atoms with van der Waals surface area (Å²) in [4.78, 5) is 24.0. The second kappa shape index (κ2) is 5.43. The van der Waals surface area contributed by atoms with E-state index < -0.39 is 5.97 Å². The van der Waals surface area contributed by atoms with Crippen LogP contribution in [0.2, 0.25) is 0 Å². The number of Topliss-reactive ketones (excluding diaryl/α,β-unsaturated/α-hetero) is 1. The second-order valence-electron chi connectivity index (χ2n) is 5.12. The normalized spacial score (nSPS) is 21.0. The molecular formula is C12H21NO3. The lowest BCUT2D eigenvalue weighted by molar-refractivity contribution is -0.137. The van der Waals surface area contributed by atoms with Crippen LogP contribution in [0.5, 0.6) is 0 Å². The summed E-state index contributed by atoms with van der Waals surface area (Å²) in [7, 11) is 0. The summed E-state index contributed by atoms with van der Waals surface area (Å²) in [6.07, 6.45) is 3.11. The van der Waals surface area contributed by atoms with Crippen LogP contribution in [0.15, 0.2) is 0 Å². The van der Waals surface area contributed by atoms with E-state index in [4.69, 9.17) is 5.11 Å². The van der Waals surface area contributed by atoms with Crippen LogP contribution >= 0.6 is 0 Å². The fourth-order valence-electron chi connectivity index (χ4n) is 2.24. The predicted octanol–water partition coefficient (Wildman–Crippen LogP) is 1.68. The minimum absolute atomic E-state index is 0.0570. The fraction of sp³-hybridized carbons (Fsp3) is 0.833. The molecule has 0 saturated carbocycles. The van der Waals surface area contributed by atoms with Gasteiger partial charge in [-0.15, -0.1) is 0 Å². The Balaban J connectivity index is 2.30. The molecule has 0 aromatic heterocycles. The molecule has 4 heteroatoms. The van der Waals surface area contributed by atoms with Crippen molar-refractivity contribution in [2.75, 3.05) is 13.1 Å². The number of hydrogen-bond acceptors (Lipinski definition) is 3. The van der Waals surface area contributed by atoms with E-state index in [1.807, 2.05) is 0 Å². The highest BCUT2D eigenvalue weighted by atomic mass is 16.4. The highest BCUT2D eigenvalue weighted by molar-refractivity contribution is 5.80. The number of hydrogen-bond donors (Lipinski definition) is 1. The first-order chi connectivity index (χ1) is 7.42. The van der Waals surface area contributed by atoms with Gasteiger partial charge in [-0.25, -0.2) is 0 Å². The number of carbonyl (C=O) groups is 2. The summed E-state index contributed by atoms with van der Waals surface area (Å²) in [6, 6.07) is 0. The van der Waals surface area contributed by atoms with Gasteiger partial charge in [0, 0.05) is 31.3 Å². The summed E-state index contributed by atoms with van der Waals surface area (Å²) in [5.41, 5.74) is -0.0570. The maximum absolute atomic E-state index is 11.3. The largest absolute Gasteiger partial charge is 0.481 e. The van der Waals surface area contributed by atoms with E-state index in [1.54, 1.807) is 0 Å². The zero-order valence-corrected chi connectivity index (χ0v) is 10.2. The van der Waals surface area contributed by atoms with Crippen LogP contribution in [0.4, 0.5) is 0 Å². The van der Waals surface area contributed by atoms with Gasteiger partial charge < -0.3 is 5.11 Å². The van der Waals surface area contributed by atoms with Crippen molar-refractivity contribution in [2.45, 2.75) is 51.5 Å². The van der Waals surface area contributed by atoms with Gasteiger partial charge in [0.1, 0.15) is 5.78 Å². The Morgan fingerprint density at radius 2 is 2.12 bits per heavy atom. The van der Waals surface area contributed by atoms with Crippen molar-refractivity contribution in [2.24, 2.45) is 0 Å². The molecule has 1 N–H and O–H groups in total. The Bertz CT molecular complexity index is 273. The van der Waals surface area contributed by atoms with Gasteiger partial charge in [0.2, 0.25) is 0 Å². The topological polar surface area (TPSA) is 57.6 Å². The Labute approximate surface area is 96.6 Å². The van der Waals surface area contributed by atoms with Gasteiger partial charge in [-0.3, -0.25) is 14.5 Å². The predicted molar refractivity (Wildman–Crippen MR) is 61.4 cm³/mol. The zero-order chi connectivity index (χ0) is 12.2. The fourth-order valence-corrected chi connectivity index (χ4v) is 2.24. The lowest BCUT2D eigenvalue weighted by Gasteiger charge is -2.41. The Morgan fingerprint density at radius 3 is 2.69 bits per heavy atom. The number of likely N-dealkylation sites (tertiary alicyclic amines) is 1. The smallest absolute Gasteiger partial charge is 0.303 e. The van der Waals surface area contributed by atoms with Gasteiger partial charge >= 0.3 is 5.97 Å². The van der Waals surface area contributed by atoms with Crippen molar-refractivity contribution >= 4 is 11.8 Å². The standard InChI is InChI=1S/C12H21NO3/c1-12(2)9-10(14)6-8-13(12)7-4-3-5-11(15)16/h3-9H2,1-2H3,(H,15,16). The molecule has 0 amide bonds. The quantitative estimate of drug-likeness (QED) is 0.726. The molecule has 0 unspecified atom stereocenters. The van der Waals surface area contributed by atoms with E-state index in [0.29, 0.717) is 18.6 Å². The highest BCUT2D eigenvalue weighted by Crippen LogP contribution is 2.25. The van der Waals surface area contributed by atoms with Crippen molar-refractivity contribution in [1.82, 2.24) is 4.90 Å². The molecule has 1 rings (SSSR count). The number of carbonyl (C=O) groups excluding carboxylic acids is 1. The number of carboxylic acid groups (broad SMARTS) is 1. The van der Waals surface area contributed by atoms with E-state index in [9.17, 15) is 9.59 Å². The molecule has 1 aliphatic rings. The molecule has 0 aromatic rings. The van der Waals surface area contributed by atoms with E-state index in [1.165, 1.54) is 0 Å². The molecule has 0 aromatic carbocycles. The first-order valence-corrected chi connectivity index (χ1v) is 5.90. The summed E-state index contributed by atoms with van der Waals surface area (Å²) in [6.45, 7) is 5.88. The van der Waals surface area contributed by atoms with Crippen molar-refractivity contribution in [3.63, 3.8) is 0 Å². The van der Waals surface area contributed by atoms with Crippen LogP contribution < -0.4 is 0 Å². The molecule has 0 aliphatic carbocycles. The molecule has 4 nitrogen and oxygen atoms in total. The second-order valence-corrected chi connectivity index (χ2v) is 5.12. The molecule has 1 fully saturated rings. The van der Waals surface area contributed by atoms with Gasteiger partial charge in [0.25, 0.3) is 0 Å². The third kappa shape index (κ3) is 3.93. The van der Waals surface area contributed by atoms with Gasteiger partial charge in [0.05, 0.1) is 0 Å². The SMILES string of the molecule is CC1(C)CC(=O)CCN1CCCCC(=O)O. The highest BCUT2D eigenvalue weighted by Gasteiger charge is 2.32. The zero-order valence-electron chi connectivity index (χ0n) is 10.2. The molecule has 0 spiro atoms. The van der Waals surface area contributed by atoms with E-state index >= 15 is 0 Å². The number of piperidine rings is 1. The van der Waals surface area contributed by atoms with Crippen molar-refractivity contribution in [1.29, 1.82) is 0 Å². The number of carboxylic acids is 1. The average Bonchev–Trinajstić information content (AvgIpc) is 2.13. The third-order valence-corrected chi connectivity index (χ3v) is 3.22. The van der Waals surface area contributed by atoms with Crippen LogP contribution in [0.25, 0.3) is 0 Å². The first-order valence-electron chi connectivity index (χ1n) is 5.90. The summed E-state index contributed by atoms with van der Waals surface area (Å²) >= 11 is 0. The van der Waals surface area contributed by atoms with Crippen LogP contribution in [0, 0.1) is 0 Å². The molecule has 92 valence electrons. The van der Waals surface area contributed by atoms with Crippen LogP contribution in [0.1, 0.15) is 46.0 Å². The summed E-state index contributed by atoms with van der Waals surface area (Å²) in [5, 5.41) is 8.53. The third-order valence-electron chi connectivity index (χ3n) is 3.22. The first kappa shape index (κ1) is 13.2. The van der Waals surface area contributed by atoms with Crippen molar-refractivity contribution in [3.05, 3.63) is 0 Å². The maximum atomic E-state index is 11.3. The molecule has 0 atom stereocenters. The molecule has 0 radical (unpaired) electrons. The Hall–Kier alpha value is -0.900. The van der Waals surface area contributed by atoms with Crippen molar-refractivity contribution in [3.8, 4) is 0 Å². The number of ketones is 1. The Morgan fingerprint density at radius 1 is 1.44 bits per heavy atom. The number of rotatable bonds is 5. The van der Waals surface area contributed by atoms with Gasteiger partial charge in [0.15, 0.2) is 0 Å². The number of aliphatic carboxylic acids is 1. The van der Waals surface area contributed by atoms with Gasteiger partial charge in [-0.2, -0.15) is 0 Å². The molecule has 1 aliphatic heterocycles. The lowest BCUT2D eigenvalue weighted by atomic mass is 9.89. The minimum Gasteiger partial charge on any atom is -0.481 e. The van der Waals surface area contributed by atoms with Crippen LogP contribution in [-0.2, 0) is 9.59 Å². The van der Waals surface area contributed by atoms with Crippen LogP contribution in [0.3, 0.4) is 0 Å². The van der Waals surface area contributed by atoms with E-state index in [-0.39, 0.29) is 12.0 Å². The van der Waals surface area contributed by atoms with Crippen molar-refractivity contribution < 1.29 is 14.7 Å². The van der Waals surface area contributed by atoms with Gasteiger partial charge in [-0.05, 0) is 33.2 Å². The molecule has 0 bridgehead atoms. The minimum atomic E-state index is -0.729. The molecule has 1 saturated heterocycles.